The van der Waals surface area contributed by atoms with Gasteiger partial charge in [-0.25, -0.2) is 4.79 Å². The first-order valence-corrected chi connectivity index (χ1v) is 21.8. The third kappa shape index (κ3) is 39.9. The Kier molecular flexibility index (Phi) is 39.7. The van der Waals surface area contributed by atoms with Crippen molar-refractivity contribution in [2.24, 2.45) is 5.73 Å². The maximum absolute atomic E-state index is 12.3. The summed E-state index contributed by atoms with van der Waals surface area (Å²) in [4.78, 5) is 81.8. The molecule has 60 heavy (non-hydrogen) atoms. The summed E-state index contributed by atoms with van der Waals surface area (Å²) < 4.78 is 26.7. The Morgan fingerprint density at radius 3 is 1.60 bits per heavy atom. The number of rotatable bonds is 45. The second-order valence-corrected chi connectivity index (χ2v) is 14.8. The molecule has 0 aliphatic carbocycles. The van der Waals surface area contributed by atoms with Gasteiger partial charge in [-0.15, -0.1) is 0 Å². The molecule has 0 rings (SSSR count). The van der Waals surface area contributed by atoms with Gasteiger partial charge in [0.2, 0.25) is 17.7 Å². The number of likely N-dealkylation sites (N-methyl/N-ethyl adjacent to an activating group) is 1. The zero-order valence-electron chi connectivity index (χ0n) is 37.3. The van der Waals surface area contributed by atoms with Gasteiger partial charge in [0.15, 0.2) is 5.78 Å². The SMILES string of the molecule is CN[C@@H](CCCCCC(=O)COCCOCCNC(=O)COCCOCCCC(=O)CC[C@H](NC(=O)CCCCCCCCCCCCCCC(=O)O)C(=O)O)C(N)=O.[3H]N. The van der Waals surface area contributed by atoms with Crippen LogP contribution in [-0.2, 0) is 52.5 Å². The number of hydrogen-bond acceptors (Lipinski definition) is 13. The molecule has 0 radical (unpaired) electrons. The fourth-order valence-electron chi connectivity index (χ4n) is 6.11. The second kappa shape index (κ2) is 42.2. The molecule has 0 aliphatic heterocycles. The lowest BCUT2D eigenvalue weighted by atomic mass is 10.0. The van der Waals surface area contributed by atoms with E-state index >= 15 is 0 Å². The molecule has 0 fully saturated rings. The maximum atomic E-state index is 12.3. The topological polar surface area (TPSA) is 294 Å². The number of amides is 3. The van der Waals surface area contributed by atoms with Crippen molar-refractivity contribution in [3.63, 3.8) is 0 Å². The molecule has 18 nitrogen and oxygen atoms in total. The van der Waals surface area contributed by atoms with Crippen LogP contribution >= 0.6 is 0 Å². The van der Waals surface area contributed by atoms with Gasteiger partial charge in [0.25, 0.3) is 0 Å². The summed E-state index contributed by atoms with van der Waals surface area (Å²) >= 11 is 0. The number of nitrogens with one attached hydrogen (secondary N) is 3. The number of carboxylic acid groups (broad SMARTS) is 2. The van der Waals surface area contributed by atoms with Gasteiger partial charge >= 0.3 is 11.9 Å². The molecule has 3 amide bonds. The first-order chi connectivity index (χ1) is 29.5. The van der Waals surface area contributed by atoms with Crippen molar-refractivity contribution in [3.8, 4) is 0 Å². The zero-order chi connectivity index (χ0) is 45.8. The normalized spacial score (nSPS) is 12.1. The van der Waals surface area contributed by atoms with E-state index in [0.717, 1.165) is 70.6 Å². The van der Waals surface area contributed by atoms with Crippen LogP contribution in [0.15, 0.2) is 0 Å². The number of ketones is 2. The molecule has 0 unspecified atom stereocenters. The molecule has 2 atom stereocenters. The summed E-state index contributed by atoms with van der Waals surface area (Å²) in [6.45, 7) is 1.74. The molecule has 10 N–H and O–H groups in total. The van der Waals surface area contributed by atoms with Crippen LogP contribution in [0.5, 0.6) is 0 Å². The number of carboxylic acids is 2. The highest BCUT2D eigenvalue weighted by Gasteiger charge is 2.21. The summed E-state index contributed by atoms with van der Waals surface area (Å²) in [7, 11) is 1.69. The summed E-state index contributed by atoms with van der Waals surface area (Å²) in [5, 5.41) is 26.2. The molecular formula is C42H79N5O13. The Balaban J connectivity index is 0. The van der Waals surface area contributed by atoms with Crippen LogP contribution in [0.4, 0.5) is 0 Å². The lowest BCUT2D eigenvalue weighted by Crippen LogP contribution is -2.41. The van der Waals surface area contributed by atoms with Crippen LogP contribution in [-0.4, -0.2) is 130 Å². The van der Waals surface area contributed by atoms with E-state index in [1.165, 1.54) is 19.3 Å². The van der Waals surface area contributed by atoms with Crippen molar-refractivity contribution < 1.29 is 64.1 Å². The predicted molar refractivity (Wildman–Crippen MR) is 227 cm³/mol. The number of unbranched alkanes of at least 4 members (excludes halogenated alkanes) is 13. The fourth-order valence-corrected chi connectivity index (χ4v) is 6.11. The molecule has 0 aromatic rings. The smallest absolute Gasteiger partial charge is 0.326 e. The highest BCUT2D eigenvalue weighted by Crippen LogP contribution is 2.13. The van der Waals surface area contributed by atoms with Crippen LogP contribution in [0.1, 0.15) is 148 Å². The van der Waals surface area contributed by atoms with E-state index in [2.05, 4.69) is 22.1 Å². The molecular weight excluding hydrogens is 782 g/mol. The number of hydrogen-bond donors (Lipinski definition) is 7. The second-order valence-electron chi connectivity index (χ2n) is 14.8. The monoisotopic (exact) mass is 864 g/mol. The summed E-state index contributed by atoms with van der Waals surface area (Å²) in [6, 6.07) is -1.45. The first kappa shape index (κ1) is 56.5. The van der Waals surface area contributed by atoms with Crippen molar-refractivity contribution in [2.75, 3.05) is 66.4 Å². The number of nitrogens with two attached hydrogens (primary N) is 1. The molecule has 0 bridgehead atoms. The molecule has 0 aliphatic rings. The molecule has 350 valence electrons. The van der Waals surface area contributed by atoms with E-state index in [9.17, 15) is 38.7 Å². The Morgan fingerprint density at radius 1 is 0.533 bits per heavy atom. The molecule has 0 spiro atoms. The first-order valence-electron chi connectivity index (χ1n) is 22.4. The predicted octanol–water partition coefficient (Wildman–Crippen LogP) is 4.17. The van der Waals surface area contributed by atoms with Crippen molar-refractivity contribution in [2.45, 2.75) is 160 Å². The number of primary amides is 1. The minimum absolute atomic E-state index is 0.00778. The fraction of sp³-hybridized carbons (Fsp3) is 0.833. The minimum Gasteiger partial charge on any atom is -0.481 e. The number of aliphatic carboxylic acids is 2. The van der Waals surface area contributed by atoms with Crippen molar-refractivity contribution in [1.82, 2.24) is 22.1 Å². The molecule has 0 saturated heterocycles. The van der Waals surface area contributed by atoms with Crippen molar-refractivity contribution >= 4 is 41.2 Å². The Bertz CT molecular complexity index is 1170. The highest BCUT2D eigenvalue weighted by atomic mass is 16.5. The zero-order valence-corrected chi connectivity index (χ0v) is 36.3. The summed E-state index contributed by atoms with van der Waals surface area (Å²) in [5.74, 6) is -2.98. The van der Waals surface area contributed by atoms with Crippen molar-refractivity contribution in [3.05, 3.63) is 0 Å². The molecule has 0 heterocycles. The van der Waals surface area contributed by atoms with Crippen molar-refractivity contribution in [1.29, 1.82) is 0 Å². The van der Waals surface area contributed by atoms with E-state index in [1.54, 1.807) is 7.05 Å². The summed E-state index contributed by atoms with van der Waals surface area (Å²) in [5.41, 5.74) is 5.28. The largest absolute Gasteiger partial charge is 0.481 e. The third-order valence-corrected chi connectivity index (χ3v) is 9.58. The van der Waals surface area contributed by atoms with E-state index in [1.807, 2.05) is 0 Å². The summed E-state index contributed by atoms with van der Waals surface area (Å²) in [6.07, 6.45) is 20.8. The highest BCUT2D eigenvalue weighted by molar-refractivity contribution is 5.85. The number of Topliss-reactive ketones (excluding diaryl/α,β-unsaturated/α-hetero) is 2. The lowest BCUT2D eigenvalue weighted by Gasteiger charge is -2.14. The maximum Gasteiger partial charge on any atom is 0.326 e. The van der Waals surface area contributed by atoms with Crippen LogP contribution in [0.25, 0.3) is 0 Å². The Hall–Kier alpha value is -3.55. The quantitative estimate of drug-likeness (QED) is 0.0423. The molecule has 0 aromatic heterocycles. The average Bonchev–Trinajstić information content (AvgIpc) is 3.23. The minimum atomic E-state index is -1.16. The standard InChI is InChI=1S/C42H76N4O13.H3N/c1-44-36(41(43)53)20-14-12-13-18-35(48)32-58-30-29-57-27-25-45-39(50)33-59-31-28-56-26-17-19-34(47)23-24-37(42(54)55)46-38(49)21-15-10-8-6-4-2-3-5-7-9-11-16-22-40(51)52;/h36-37,44H,2-33H2,1H3,(H2,43,53)(H,45,50)(H,46,49)(H,51,52)(H,54,55);1H3/t36-,37-;/m0./s1/i/hT. The molecule has 18 heteroatoms. The molecule has 0 aromatic carbocycles. The Morgan fingerprint density at radius 2 is 1.03 bits per heavy atom. The van der Waals surface area contributed by atoms with Gasteiger partial charge in [-0.1, -0.05) is 77.0 Å². The van der Waals surface area contributed by atoms with E-state index in [0.29, 0.717) is 38.8 Å². The third-order valence-electron chi connectivity index (χ3n) is 9.58. The van der Waals surface area contributed by atoms with Crippen LogP contribution in [0.3, 0.4) is 0 Å². The van der Waals surface area contributed by atoms with Gasteiger partial charge in [0.1, 0.15) is 26.5 Å². The lowest BCUT2D eigenvalue weighted by molar-refractivity contribution is -0.142. The van der Waals surface area contributed by atoms with Crippen LogP contribution in [0, 0.1) is 0 Å². The van der Waals surface area contributed by atoms with Gasteiger partial charge in [-0.3, -0.25) is 28.8 Å². The number of carbonyl (C=O) groups excluding carboxylic acids is 5. The number of carbonyl (C=O) groups is 7. The van der Waals surface area contributed by atoms with Gasteiger partial charge in [-0.2, -0.15) is 0 Å². The van der Waals surface area contributed by atoms with E-state index in [4.69, 9.17) is 31.2 Å². The van der Waals surface area contributed by atoms with Crippen LogP contribution in [0.2, 0.25) is 1.41 Å². The van der Waals surface area contributed by atoms with Gasteiger partial charge < -0.3 is 57.0 Å². The van der Waals surface area contributed by atoms with Gasteiger partial charge in [-0.05, 0) is 45.6 Å². The number of ether oxygens (including phenoxy) is 4. The van der Waals surface area contributed by atoms with E-state index < -0.39 is 18.0 Å². The van der Waals surface area contributed by atoms with Gasteiger partial charge in [0, 0.05) is 45.3 Å². The van der Waals surface area contributed by atoms with E-state index in [-0.39, 0.29) is 114 Å². The van der Waals surface area contributed by atoms with Crippen LogP contribution < -0.4 is 27.8 Å². The average molecular weight is 864 g/mol. The molecule has 0 saturated carbocycles. The Labute approximate surface area is 358 Å². The van der Waals surface area contributed by atoms with Gasteiger partial charge in [0.05, 0.1) is 39.1 Å².